The molecule has 1 N–H and O–H groups in total. The lowest BCUT2D eigenvalue weighted by molar-refractivity contribution is -0.119. The van der Waals surface area contributed by atoms with Crippen LogP contribution in [0, 0.1) is 11.8 Å². The summed E-state index contributed by atoms with van der Waals surface area (Å²) in [6, 6.07) is 0.0200. The van der Waals surface area contributed by atoms with Gasteiger partial charge in [0.15, 0.2) is 0 Å². The molecule has 1 unspecified atom stereocenters. The molecule has 3 heteroatoms. The van der Waals surface area contributed by atoms with Crippen LogP contribution in [0.15, 0.2) is 0 Å². The molecule has 0 saturated carbocycles. The SMILES string of the molecule is O=C(CCl)NC1C#CCCCCC1. The summed E-state index contributed by atoms with van der Waals surface area (Å²) in [5.74, 6) is 6.01. The number of carbonyl (C=O) groups excluding carboxylic acids is 1. The molecule has 0 aliphatic heterocycles. The Bertz CT molecular complexity index is 229. The third-order valence-corrected chi connectivity index (χ3v) is 2.27. The van der Waals surface area contributed by atoms with Crippen LogP contribution in [-0.2, 0) is 4.79 Å². The maximum absolute atomic E-state index is 11.0. The fraction of sp³-hybridized carbons (Fsp3) is 0.700. The Kier molecular flexibility index (Phi) is 4.70. The highest BCUT2D eigenvalue weighted by Crippen LogP contribution is 2.08. The van der Waals surface area contributed by atoms with E-state index < -0.39 is 0 Å². The van der Waals surface area contributed by atoms with Crippen molar-refractivity contribution in [3.05, 3.63) is 0 Å². The van der Waals surface area contributed by atoms with Crippen molar-refractivity contribution < 1.29 is 4.79 Å². The second-order valence-corrected chi connectivity index (χ2v) is 3.44. The highest BCUT2D eigenvalue weighted by Gasteiger charge is 2.09. The zero-order valence-electron chi connectivity index (χ0n) is 7.61. The molecule has 1 amide bonds. The van der Waals surface area contributed by atoms with Crippen molar-refractivity contribution >= 4 is 17.5 Å². The lowest BCUT2D eigenvalue weighted by atomic mass is 10.0. The van der Waals surface area contributed by atoms with Crippen molar-refractivity contribution in [1.29, 1.82) is 0 Å². The van der Waals surface area contributed by atoms with Crippen LogP contribution < -0.4 is 5.32 Å². The van der Waals surface area contributed by atoms with E-state index >= 15 is 0 Å². The summed E-state index contributed by atoms with van der Waals surface area (Å²) < 4.78 is 0. The van der Waals surface area contributed by atoms with E-state index in [0.29, 0.717) is 0 Å². The molecule has 0 heterocycles. The molecule has 0 spiro atoms. The molecule has 72 valence electrons. The van der Waals surface area contributed by atoms with E-state index in [-0.39, 0.29) is 17.8 Å². The predicted molar refractivity (Wildman–Crippen MR) is 53.5 cm³/mol. The van der Waals surface area contributed by atoms with E-state index in [2.05, 4.69) is 17.2 Å². The van der Waals surface area contributed by atoms with E-state index in [1.807, 2.05) is 0 Å². The van der Waals surface area contributed by atoms with Gasteiger partial charge in [0, 0.05) is 6.42 Å². The van der Waals surface area contributed by atoms with E-state index in [1.54, 1.807) is 0 Å². The molecule has 1 aliphatic rings. The minimum Gasteiger partial charge on any atom is -0.341 e. The van der Waals surface area contributed by atoms with Crippen LogP contribution in [-0.4, -0.2) is 17.8 Å². The van der Waals surface area contributed by atoms with Crippen LogP contribution in [0.2, 0.25) is 0 Å². The molecule has 0 fully saturated rings. The van der Waals surface area contributed by atoms with Crippen LogP contribution in [0.25, 0.3) is 0 Å². The van der Waals surface area contributed by atoms with Gasteiger partial charge in [0.2, 0.25) is 5.91 Å². The number of rotatable bonds is 2. The van der Waals surface area contributed by atoms with Gasteiger partial charge in [0.25, 0.3) is 0 Å². The molecule has 0 aromatic rings. The standard InChI is InChI=1S/C10H14ClNO/c11-8-10(13)12-9-6-4-2-1-3-5-7-9/h9H,1-4,6,8H2,(H,12,13). The van der Waals surface area contributed by atoms with Gasteiger partial charge in [-0.2, -0.15) is 0 Å². The second-order valence-electron chi connectivity index (χ2n) is 3.17. The molecule has 13 heavy (non-hydrogen) atoms. The van der Waals surface area contributed by atoms with Crippen molar-refractivity contribution in [3.63, 3.8) is 0 Å². The smallest absolute Gasteiger partial charge is 0.235 e. The Labute approximate surface area is 84.0 Å². The van der Waals surface area contributed by atoms with Gasteiger partial charge in [-0.3, -0.25) is 4.79 Å². The van der Waals surface area contributed by atoms with Gasteiger partial charge in [-0.25, -0.2) is 0 Å². The lowest BCUT2D eigenvalue weighted by Crippen LogP contribution is -2.34. The average molecular weight is 200 g/mol. The van der Waals surface area contributed by atoms with Gasteiger partial charge < -0.3 is 5.32 Å². The maximum atomic E-state index is 11.0. The molecular weight excluding hydrogens is 186 g/mol. The average Bonchev–Trinajstić information content (AvgIpc) is 2.09. The first-order chi connectivity index (χ1) is 6.33. The monoisotopic (exact) mass is 199 g/mol. The van der Waals surface area contributed by atoms with Crippen molar-refractivity contribution in [2.45, 2.75) is 38.1 Å². The summed E-state index contributed by atoms with van der Waals surface area (Å²) in [7, 11) is 0. The minimum absolute atomic E-state index is 0.0200. The fourth-order valence-electron chi connectivity index (χ4n) is 1.35. The number of alkyl halides is 1. The minimum atomic E-state index is -0.124. The van der Waals surface area contributed by atoms with Gasteiger partial charge in [0.05, 0.1) is 6.04 Å². The van der Waals surface area contributed by atoms with Crippen LogP contribution in [0.3, 0.4) is 0 Å². The third kappa shape index (κ3) is 4.19. The fourth-order valence-corrected chi connectivity index (χ4v) is 1.42. The van der Waals surface area contributed by atoms with Crippen molar-refractivity contribution in [1.82, 2.24) is 5.32 Å². The number of hydrogen-bond donors (Lipinski definition) is 1. The molecule has 2 nitrogen and oxygen atoms in total. The van der Waals surface area contributed by atoms with Crippen molar-refractivity contribution in [2.24, 2.45) is 0 Å². The lowest BCUT2D eigenvalue weighted by Gasteiger charge is -2.13. The zero-order valence-corrected chi connectivity index (χ0v) is 8.36. The molecule has 0 aromatic carbocycles. The van der Waals surface area contributed by atoms with Crippen LogP contribution in [0.1, 0.15) is 32.1 Å². The molecule has 0 bridgehead atoms. The topological polar surface area (TPSA) is 29.1 Å². The van der Waals surface area contributed by atoms with E-state index in [0.717, 1.165) is 19.3 Å². The van der Waals surface area contributed by atoms with Gasteiger partial charge in [-0.15, -0.1) is 17.5 Å². The molecule has 0 aromatic heterocycles. The summed E-state index contributed by atoms with van der Waals surface area (Å²) >= 11 is 5.38. The Hall–Kier alpha value is -0.680. The van der Waals surface area contributed by atoms with Crippen molar-refractivity contribution in [3.8, 4) is 11.8 Å². The molecule has 0 saturated heterocycles. The van der Waals surface area contributed by atoms with Gasteiger partial charge in [-0.1, -0.05) is 18.8 Å². The van der Waals surface area contributed by atoms with Crippen molar-refractivity contribution in [2.75, 3.05) is 5.88 Å². The van der Waals surface area contributed by atoms with Crippen LogP contribution in [0.5, 0.6) is 0 Å². The van der Waals surface area contributed by atoms with Gasteiger partial charge >= 0.3 is 0 Å². The zero-order chi connectivity index (χ0) is 9.52. The number of carbonyl (C=O) groups is 1. The summed E-state index contributed by atoms with van der Waals surface area (Å²) in [6.07, 6.45) is 5.44. The number of halogens is 1. The molecule has 0 radical (unpaired) electrons. The van der Waals surface area contributed by atoms with Crippen LogP contribution >= 0.6 is 11.6 Å². The largest absolute Gasteiger partial charge is 0.341 e. The van der Waals surface area contributed by atoms with Crippen LogP contribution in [0.4, 0.5) is 0 Å². The first-order valence-electron chi connectivity index (χ1n) is 4.66. The highest BCUT2D eigenvalue weighted by molar-refractivity contribution is 6.27. The van der Waals surface area contributed by atoms with E-state index in [1.165, 1.54) is 12.8 Å². The normalized spacial score (nSPS) is 22.1. The number of hydrogen-bond acceptors (Lipinski definition) is 1. The number of nitrogens with one attached hydrogen (secondary N) is 1. The predicted octanol–water partition coefficient (Wildman–Crippen LogP) is 1.68. The maximum Gasteiger partial charge on any atom is 0.235 e. The quantitative estimate of drug-likeness (QED) is 0.532. The summed E-state index contributed by atoms with van der Waals surface area (Å²) in [5.41, 5.74) is 0. The van der Waals surface area contributed by atoms with E-state index in [9.17, 15) is 4.79 Å². The molecular formula is C10H14ClNO. The first-order valence-corrected chi connectivity index (χ1v) is 5.20. The Morgan fingerprint density at radius 3 is 3.08 bits per heavy atom. The van der Waals surface area contributed by atoms with E-state index in [4.69, 9.17) is 11.6 Å². The first kappa shape index (κ1) is 10.4. The highest BCUT2D eigenvalue weighted by atomic mass is 35.5. The van der Waals surface area contributed by atoms with Gasteiger partial charge in [-0.05, 0) is 12.8 Å². The Morgan fingerprint density at radius 1 is 1.46 bits per heavy atom. The molecule has 1 atom stereocenters. The molecule has 1 rings (SSSR count). The third-order valence-electron chi connectivity index (χ3n) is 2.03. The summed E-state index contributed by atoms with van der Waals surface area (Å²) in [5, 5.41) is 2.79. The molecule has 1 aliphatic carbocycles. The number of amides is 1. The summed E-state index contributed by atoms with van der Waals surface area (Å²) in [4.78, 5) is 11.0. The van der Waals surface area contributed by atoms with Gasteiger partial charge in [0.1, 0.15) is 5.88 Å². The Morgan fingerprint density at radius 2 is 2.31 bits per heavy atom. The Balaban J connectivity index is 2.41. The summed E-state index contributed by atoms with van der Waals surface area (Å²) in [6.45, 7) is 0. The second kappa shape index (κ2) is 5.88.